The Morgan fingerprint density at radius 2 is 2.04 bits per heavy atom. The molecule has 1 saturated carbocycles. The summed E-state index contributed by atoms with van der Waals surface area (Å²) in [6.07, 6.45) is 3.74. The molecule has 2 aliphatic rings. The van der Waals surface area contributed by atoms with Gasteiger partial charge in [-0.2, -0.15) is 0 Å². The van der Waals surface area contributed by atoms with Crippen LogP contribution in [0.2, 0.25) is 0 Å². The van der Waals surface area contributed by atoms with Crippen molar-refractivity contribution < 1.29 is 17.6 Å². The molecular formula is C16H23ClFN3O3S. The molecule has 25 heavy (non-hydrogen) atoms. The first-order valence-electron chi connectivity index (χ1n) is 8.23. The molecule has 140 valence electrons. The normalized spacial score (nSPS) is 25.3. The third kappa shape index (κ3) is 4.43. The molecule has 0 aromatic heterocycles. The number of halogens is 2. The molecule has 1 aromatic rings. The molecule has 0 radical (unpaired) electrons. The van der Waals surface area contributed by atoms with Crippen LogP contribution in [0.3, 0.4) is 0 Å². The minimum atomic E-state index is -3.47. The van der Waals surface area contributed by atoms with E-state index in [1.165, 1.54) is 18.2 Å². The third-order valence-electron chi connectivity index (χ3n) is 4.67. The zero-order chi connectivity index (χ0) is 17.3. The average molecular weight is 392 g/mol. The maximum atomic E-state index is 14.1. The monoisotopic (exact) mass is 391 g/mol. The van der Waals surface area contributed by atoms with Gasteiger partial charge in [-0.05, 0) is 43.9 Å². The number of anilines is 2. The van der Waals surface area contributed by atoms with Crippen molar-refractivity contribution in [3.05, 3.63) is 24.0 Å². The van der Waals surface area contributed by atoms with Gasteiger partial charge in [0, 0.05) is 24.2 Å². The topological polar surface area (TPSA) is 92.5 Å². The van der Waals surface area contributed by atoms with Gasteiger partial charge >= 0.3 is 0 Å². The van der Waals surface area contributed by atoms with Crippen LogP contribution in [0.5, 0.6) is 0 Å². The van der Waals surface area contributed by atoms with Gasteiger partial charge in [0.15, 0.2) is 0 Å². The average Bonchev–Trinajstić information content (AvgIpc) is 2.88. The van der Waals surface area contributed by atoms with Gasteiger partial charge in [0.1, 0.15) is 5.82 Å². The first kappa shape index (κ1) is 19.9. The number of sulfonamides is 1. The summed E-state index contributed by atoms with van der Waals surface area (Å²) >= 11 is 0. The fraction of sp³-hybridized carbons (Fsp3) is 0.562. The SMILES string of the molecule is Cl.NC1CCCC(C(=O)Nc2ccc(F)c(N3CCCS3(=O)=O)c2)C1. The number of nitrogens with zero attached hydrogens (tertiary/aromatic N) is 1. The Labute approximate surface area is 153 Å². The van der Waals surface area contributed by atoms with E-state index >= 15 is 0 Å². The van der Waals surface area contributed by atoms with E-state index in [0.29, 0.717) is 18.5 Å². The Balaban J connectivity index is 0.00000225. The summed E-state index contributed by atoms with van der Waals surface area (Å²) in [6, 6.07) is 4.06. The summed E-state index contributed by atoms with van der Waals surface area (Å²) in [5.41, 5.74) is 6.30. The van der Waals surface area contributed by atoms with E-state index in [0.717, 1.165) is 23.6 Å². The van der Waals surface area contributed by atoms with Crippen LogP contribution >= 0.6 is 12.4 Å². The molecular weight excluding hydrogens is 369 g/mol. The number of nitrogens with two attached hydrogens (primary N) is 1. The Bertz CT molecular complexity index is 744. The van der Waals surface area contributed by atoms with Crippen LogP contribution in [0.1, 0.15) is 32.1 Å². The van der Waals surface area contributed by atoms with Crippen molar-refractivity contribution in [2.24, 2.45) is 11.7 Å². The minimum Gasteiger partial charge on any atom is -0.328 e. The lowest BCUT2D eigenvalue weighted by Crippen LogP contribution is -2.34. The van der Waals surface area contributed by atoms with Gasteiger partial charge in [-0.15, -0.1) is 12.4 Å². The highest BCUT2D eigenvalue weighted by Crippen LogP contribution is 2.30. The number of benzene rings is 1. The van der Waals surface area contributed by atoms with E-state index in [2.05, 4.69) is 5.32 Å². The third-order valence-corrected chi connectivity index (χ3v) is 6.52. The molecule has 9 heteroatoms. The zero-order valence-electron chi connectivity index (χ0n) is 13.8. The Morgan fingerprint density at radius 1 is 1.28 bits per heavy atom. The summed E-state index contributed by atoms with van der Waals surface area (Å²) in [6.45, 7) is 0.258. The summed E-state index contributed by atoms with van der Waals surface area (Å²) < 4.78 is 39.1. The number of hydrogen-bond donors (Lipinski definition) is 2. The maximum absolute atomic E-state index is 14.1. The molecule has 0 spiro atoms. The molecule has 3 N–H and O–H groups in total. The van der Waals surface area contributed by atoms with Crippen molar-refractivity contribution in [3.8, 4) is 0 Å². The van der Waals surface area contributed by atoms with Gasteiger partial charge in [-0.25, -0.2) is 12.8 Å². The standard InChI is InChI=1S/C16H22FN3O3S.ClH/c17-14-6-5-13(10-15(14)20-7-2-8-24(20,22)23)19-16(21)11-3-1-4-12(18)9-11;/h5-6,10-12H,1-4,7-9,18H2,(H,19,21);1H. The van der Waals surface area contributed by atoms with Crippen molar-refractivity contribution in [1.29, 1.82) is 0 Å². The highest BCUT2D eigenvalue weighted by molar-refractivity contribution is 7.93. The molecule has 1 aliphatic heterocycles. The van der Waals surface area contributed by atoms with Crippen molar-refractivity contribution in [2.75, 3.05) is 21.9 Å². The summed E-state index contributed by atoms with van der Waals surface area (Å²) in [5, 5.41) is 2.77. The molecule has 0 bridgehead atoms. The Kier molecular flexibility index (Phi) is 6.29. The fourth-order valence-electron chi connectivity index (χ4n) is 3.40. The number of hydrogen-bond acceptors (Lipinski definition) is 4. The molecule has 1 aliphatic carbocycles. The van der Waals surface area contributed by atoms with Crippen LogP contribution in [-0.4, -0.2) is 32.7 Å². The lowest BCUT2D eigenvalue weighted by atomic mass is 9.85. The first-order valence-corrected chi connectivity index (χ1v) is 9.84. The predicted octanol–water partition coefficient (Wildman–Crippen LogP) is 2.24. The Morgan fingerprint density at radius 3 is 2.68 bits per heavy atom. The second-order valence-electron chi connectivity index (χ2n) is 6.52. The largest absolute Gasteiger partial charge is 0.328 e. The fourth-order valence-corrected chi connectivity index (χ4v) is 4.96. The van der Waals surface area contributed by atoms with Crippen molar-refractivity contribution in [3.63, 3.8) is 0 Å². The minimum absolute atomic E-state index is 0. The second-order valence-corrected chi connectivity index (χ2v) is 8.53. The van der Waals surface area contributed by atoms with Crippen LogP contribution in [0.15, 0.2) is 18.2 Å². The van der Waals surface area contributed by atoms with E-state index in [4.69, 9.17) is 5.73 Å². The van der Waals surface area contributed by atoms with Crippen molar-refractivity contribution >= 4 is 39.7 Å². The van der Waals surface area contributed by atoms with Crippen LogP contribution in [0, 0.1) is 11.7 Å². The Hall–Kier alpha value is -1.38. The van der Waals surface area contributed by atoms with Crippen LogP contribution in [0.25, 0.3) is 0 Å². The molecule has 6 nitrogen and oxygen atoms in total. The lowest BCUT2D eigenvalue weighted by Gasteiger charge is -2.26. The second kappa shape index (κ2) is 7.88. The van der Waals surface area contributed by atoms with Gasteiger partial charge in [0.25, 0.3) is 0 Å². The lowest BCUT2D eigenvalue weighted by molar-refractivity contribution is -0.120. The van der Waals surface area contributed by atoms with E-state index in [-0.39, 0.29) is 48.3 Å². The molecule has 1 saturated heterocycles. The van der Waals surface area contributed by atoms with E-state index in [1.54, 1.807) is 0 Å². The molecule has 1 amide bonds. The van der Waals surface area contributed by atoms with Crippen molar-refractivity contribution in [1.82, 2.24) is 0 Å². The van der Waals surface area contributed by atoms with E-state index in [1.807, 2.05) is 0 Å². The highest BCUT2D eigenvalue weighted by Gasteiger charge is 2.31. The number of carbonyl (C=O) groups is 1. The van der Waals surface area contributed by atoms with Crippen LogP contribution < -0.4 is 15.4 Å². The quantitative estimate of drug-likeness (QED) is 0.826. The summed E-state index contributed by atoms with van der Waals surface area (Å²) in [4.78, 5) is 12.4. The van der Waals surface area contributed by atoms with Gasteiger partial charge < -0.3 is 11.1 Å². The number of amides is 1. The summed E-state index contributed by atoms with van der Waals surface area (Å²) in [5.74, 6) is -0.897. The van der Waals surface area contributed by atoms with Crippen LogP contribution in [0.4, 0.5) is 15.8 Å². The van der Waals surface area contributed by atoms with Gasteiger partial charge in [0.2, 0.25) is 15.9 Å². The van der Waals surface area contributed by atoms with Crippen molar-refractivity contribution in [2.45, 2.75) is 38.1 Å². The number of rotatable bonds is 3. The molecule has 1 aromatic carbocycles. The highest BCUT2D eigenvalue weighted by atomic mass is 35.5. The molecule has 1 heterocycles. The number of carbonyl (C=O) groups excluding carboxylic acids is 1. The van der Waals surface area contributed by atoms with Gasteiger partial charge in [-0.3, -0.25) is 9.10 Å². The number of nitrogens with one attached hydrogen (secondary N) is 1. The molecule has 3 rings (SSSR count). The van der Waals surface area contributed by atoms with Crippen LogP contribution in [-0.2, 0) is 14.8 Å². The first-order chi connectivity index (χ1) is 11.4. The predicted molar refractivity (Wildman–Crippen MR) is 98.0 cm³/mol. The molecule has 2 fully saturated rings. The zero-order valence-corrected chi connectivity index (χ0v) is 15.4. The van der Waals surface area contributed by atoms with Gasteiger partial charge in [-0.1, -0.05) is 6.42 Å². The molecule has 2 unspecified atom stereocenters. The van der Waals surface area contributed by atoms with E-state index < -0.39 is 15.8 Å². The summed E-state index contributed by atoms with van der Waals surface area (Å²) in [7, 11) is -3.47. The van der Waals surface area contributed by atoms with Gasteiger partial charge in [0.05, 0.1) is 11.4 Å². The maximum Gasteiger partial charge on any atom is 0.235 e. The smallest absolute Gasteiger partial charge is 0.235 e. The molecule has 2 atom stereocenters. The van der Waals surface area contributed by atoms with E-state index in [9.17, 15) is 17.6 Å².